The maximum absolute atomic E-state index is 11.7. The molecule has 1 amide bonds. The summed E-state index contributed by atoms with van der Waals surface area (Å²) in [5, 5.41) is 15.6. The van der Waals surface area contributed by atoms with Crippen LogP contribution in [-0.2, 0) is 4.74 Å². The standard InChI is InChI=1S/C13H17N3O4/c1-2-7-20-13(19)16-5-3-9(4-6-16)11-10(12(17)18)8-14-15-11/h2,8-9H,1,3-7H2,(H,14,15)(H,17,18). The highest BCUT2D eigenvalue weighted by Crippen LogP contribution is 2.29. The summed E-state index contributed by atoms with van der Waals surface area (Å²) in [4.78, 5) is 24.4. The second-order valence-electron chi connectivity index (χ2n) is 4.63. The monoisotopic (exact) mass is 279 g/mol. The van der Waals surface area contributed by atoms with Crippen molar-refractivity contribution in [3.8, 4) is 0 Å². The van der Waals surface area contributed by atoms with Crippen molar-refractivity contribution in [3.05, 3.63) is 30.1 Å². The third-order valence-electron chi connectivity index (χ3n) is 3.39. The third-order valence-corrected chi connectivity index (χ3v) is 3.39. The van der Waals surface area contributed by atoms with Gasteiger partial charge in [-0.05, 0) is 12.8 Å². The number of piperidine rings is 1. The fourth-order valence-corrected chi connectivity index (χ4v) is 2.35. The molecule has 2 rings (SSSR count). The average molecular weight is 279 g/mol. The van der Waals surface area contributed by atoms with Crippen molar-refractivity contribution in [2.45, 2.75) is 18.8 Å². The molecule has 0 bridgehead atoms. The van der Waals surface area contributed by atoms with E-state index in [0.717, 1.165) is 0 Å². The van der Waals surface area contributed by atoms with Gasteiger partial charge in [0, 0.05) is 19.0 Å². The SMILES string of the molecule is C=CCOC(=O)N1CCC(c2[nH]ncc2C(=O)O)CC1. The van der Waals surface area contributed by atoms with Crippen LogP contribution in [-0.4, -0.2) is 52.0 Å². The van der Waals surface area contributed by atoms with Crippen LogP contribution >= 0.6 is 0 Å². The number of H-pyrrole nitrogens is 1. The van der Waals surface area contributed by atoms with Crippen LogP contribution in [0.15, 0.2) is 18.9 Å². The van der Waals surface area contributed by atoms with Crippen LogP contribution in [0.25, 0.3) is 0 Å². The Hall–Kier alpha value is -2.31. The van der Waals surface area contributed by atoms with Crippen molar-refractivity contribution in [1.82, 2.24) is 15.1 Å². The lowest BCUT2D eigenvalue weighted by atomic mass is 9.91. The van der Waals surface area contributed by atoms with Crippen molar-refractivity contribution < 1.29 is 19.4 Å². The molecular weight excluding hydrogens is 262 g/mol. The van der Waals surface area contributed by atoms with Gasteiger partial charge in [0.2, 0.25) is 0 Å². The topological polar surface area (TPSA) is 95.5 Å². The molecule has 108 valence electrons. The van der Waals surface area contributed by atoms with E-state index in [4.69, 9.17) is 9.84 Å². The van der Waals surface area contributed by atoms with Crippen LogP contribution in [0.5, 0.6) is 0 Å². The normalized spacial score (nSPS) is 15.9. The molecule has 1 aromatic heterocycles. The van der Waals surface area contributed by atoms with Gasteiger partial charge in [-0.3, -0.25) is 5.10 Å². The largest absolute Gasteiger partial charge is 0.478 e. The van der Waals surface area contributed by atoms with E-state index in [-0.39, 0.29) is 24.2 Å². The lowest BCUT2D eigenvalue weighted by Crippen LogP contribution is -2.38. The Labute approximate surface area is 116 Å². The minimum absolute atomic E-state index is 0.0760. The number of hydrogen-bond donors (Lipinski definition) is 2. The Morgan fingerprint density at radius 1 is 1.55 bits per heavy atom. The van der Waals surface area contributed by atoms with E-state index in [1.165, 1.54) is 12.3 Å². The number of likely N-dealkylation sites (tertiary alicyclic amines) is 1. The molecule has 7 heteroatoms. The zero-order chi connectivity index (χ0) is 14.5. The summed E-state index contributed by atoms with van der Waals surface area (Å²) in [6, 6.07) is 0. The molecule has 0 spiro atoms. The highest BCUT2D eigenvalue weighted by molar-refractivity contribution is 5.88. The molecule has 0 aliphatic carbocycles. The van der Waals surface area contributed by atoms with Crippen molar-refractivity contribution >= 4 is 12.1 Å². The number of aromatic nitrogens is 2. The van der Waals surface area contributed by atoms with E-state index in [1.54, 1.807) is 4.90 Å². The first-order valence-electron chi connectivity index (χ1n) is 6.42. The van der Waals surface area contributed by atoms with Crippen LogP contribution in [0.1, 0.15) is 34.8 Å². The zero-order valence-electron chi connectivity index (χ0n) is 11.0. The molecule has 0 saturated carbocycles. The number of amides is 1. The van der Waals surface area contributed by atoms with Crippen LogP contribution in [0.2, 0.25) is 0 Å². The second-order valence-corrected chi connectivity index (χ2v) is 4.63. The quantitative estimate of drug-likeness (QED) is 0.816. The van der Waals surface area contributed by atoms with Gasteiger partial charge in [0.05, 0.1) is 11.9 Å². The lowest BCUT2D eigenvalue weighted by molar-refractivity contribution is 0.0692. The van der Waals surface area contributed by atoms with Crippen molar-refractivity contribution in [2.24, 2.45) is 0 Å². The number of rotatable bonds is 4. The van der Waals surface area contributed by atoms with Gasteiger partial charge in [-0.2, -0.15) is 5.10 Å². The predicted octanol–water partition coefficient (Wildman–Crippen LogP) is 1.61. The van der Waals surface area contributed by atoms with Gasteiger partial charge in [0.1, 0.15) is 12.2 Å². The van der Waals surface area contributed by atoms with Gasteiger partial charge in [-0.1, -0.05) is 12.7 Å². The van der Waals surface area contributed by atoms with Gasteiger partial charge in [0.15, 0.2) is 0 Å². The molecule has 2 N–H and O–H groups in total. The first kappa shape index (κ1) is 14.1. The Kier molecular flexibility index (Phi) is 4.39. The molecule has 0 aromatic carbocycles. The van der Waals surface area contributed by atoms with Crippen LogP contribution in [0.4, 0.5) is 4.79 Å². The minimum atomic E-state index is -0.985. The number of aromatic carboxylic acids is 1. The van der Waals surface area contributed by atoms with Gasteiger partial charge in [-0.25, -0.2) is 9.59 Å². The van der Waals surface area contributed by atoms with E-state index in [2.05, 4.69) is 16.8 Å². The van der Waals surface area contributed by atoms with Gasteiger partial charge < -0.3 is 14.7 Å². The second kappa shape index (κ2) is 6.23. The summed E-state index contributed by atoms with van der Waals surface area (Å²) in [5.41, 5.74) is 0.842. The molecule has 1 aliphatic rings. The zero-order valence-corrected chi connectivity index (χ0v) is 11.0. The summed E-state index contributed by atoms with van der Waals surface area (Å²) >= 11 is 0. The molecule has 7 nitrogen and oxygen atoms in total. The maximum atomic E-state index is 11.7. The summed E-state index contributed by atoms with van der Waals surface area (Å²) in [6.45, 7) is 4.77. The van der Waals surface area contributed by atoms with Gasteiger partial charge >= 0.3 is 12.1 Å². The van der Waals surface area contributed by atoms with E-state index >= 15 is 0 Å². The molecule has 0 unspecified atom stereocenters. The number of nitrogens with one attached hydrogen (secondary N) is 1. The Bertz CT molecular complexity index is 503. The summed E-state index contributed by atoms with van der Waals surface area (Å²) in [7, 11) is 0. The van der Waals surface area contributed by atoms with E-state index in [9.17, 15) is 9.59 Å². The smallest absolute Gasteiger partial charge is 0.410 e. The number of carboxylic acids is 1. The maximum Gasteiger partial charge on any atom is 0.410 e. The number of carbonyl (C=O) groups is 2. The average Bonchev–Trinajstić information content (AvgIpc) is 2.94. The van der Waals surface area contributed by atoms with E-state index in [1.807, 2.05) is 0 Å². The van der Waals surface area contributed by atoms with Crippen molar-refractivity contribution in [1.29, 1.82) is 0 Å². The number of ether oxygens (including phenoxy) is 1. The van der Waals surface area contributed by atoms with Crippen LogP contribution < -0.4 is 0 Å². The van der Waals surface area contributed by atoms with Gasteiger partial charge in [0.25, 0.3) is 0 Å². The van der Waals surface area contributed by atoms with E-state index < -0.39 is 5.97 Å². The van der Waals surface area contributed by atoms with Crippen molar-refractivity contribution in [2.75, 3.05) is 19.7 Å². The summed E-state index contributed by atoms with van der Waals surface area (Å²) in [6.07, 6.45) is 3.86. The third kappa shape index (κ3) is 2.98. The molecule has 0 atom stereocenters. The predicted molar refractivity (Wildman–Crippen MR) is 70.6 cm³/mol. The highest BCUT2D eigenvalue weighted by atomic mass is 16.6. The Morgan fingerprint density at radius 2 is 2.25 bits per heavy atom. The van der Waals surface area contributed by atoms with Crippen LogP contribution in [0, 0.1) is 0 Å². The molecule has 1 saturated heterocycles. The number of nitrogens with zero attached hydrogens (tertiary/aromatic N) is 2. The Balaban J connectivity index is 1.94. The Morgan fingerprint density at radius 3 is 2.85 bits per heavy atom. The number of aromatic amines is 1. The first-order chi connectivity index (χ1) is 9.63. The molecule has 1 fully saturated rings. The van der Waals surface area contributed by atoms with Crippen LogP contribution in [0.3, 0.4) is 0 Å². The molecule has 20 heavy (non-hydrogen) atoms. The molecular formula is C13H17N3O4. The fourth-order valence-electron chi connectivity index (χ4n) is 2.35. The summed E-state index contributed by atoms with van der Waals surface area (Å²) in [5.74, 6) is -0.909. The minimum Gasteiger partial charge on any atom is -0.478 e. The molecule has 1 aromatic rings. The fraction of sp³-hybridized carbons (Fsp3) is 0.462. The lowest BCUT2D eigenvalue weighted by Gasteiger charge is -2.30. The number of carboxylic acid groups (broad SMARTS) is 1. The number of carbonyl (C=O) groups excluding carboxylic acids is 1. The van der Waals surface area contributed by atoms with E-state index in [0.29, 0.717) is 31.6 Å². The number of hydrogen-bond acceptors (Lipinski definition) is 4. The van der Waals surface area contributed by atoms with Crippen molar-refractivity contribution in [3.63, 3.8) is 0 Å². The summed E-state index contributed by atoms with van der Waals surface area (Å²) < 4.78 is 4.97. The molecule has 1 aliphatic heterocycles. The van der Waals surface area contributed by atoms with Gasteiger partial charge in [-0.15, -0.1) is 0 Å². The first-order valence-corrected chi connectivity index (χ1v) is 6.42. The highest BCUT2D eigenvalue weighted by Gasteiger charge is 2.28. The molecule has 2 heterocycles. The molecule has 0 radical (unpaired) electrons.